The van der Waals surface area contributed by atoms with E-state index in [0.29, 0.717) is 0 Å². The minimum atomic E-state index is 0.834. The van der Waals surface area contributed by atoms with E-state index in [2.05, 4.69) is 21.0 Å². The zero-order valence-electron chi connectivity index (χ0n) is 12.1. The standard InChI is InChI=1S/C18H15N3O/c1-2-5-16-15(4-1)19-12-14(21-16)8-7-13-9-10-17(20-13)18-6-3-11-22-18/h1-6,10-12H,7-9H2. The zero-order chi connectivity index (χ0) is 14.8. The maximum Gasteiger partial charge on any atom is 0.151 e. The number of fused-ring (bicyclic) bond motifs is 1. The van der Waals surface area contributed by atoms with Crippen LogP contribution in [0.3, 0.4) is 0 Å². The van der Waals surface area contributed by atoms with E-state index in [0.717, 1.165) is 47.4 Å². The van der Waals surface area contributed by atoms with Crippen molar-refractivity contribution >= 4 is 22.4 Å². The fourth-order valence-electron chi connectivity index (χ4n) is 2.60. The lowest BCUT2D eigenvalue weighted by Gasteiger charge is -2.02. The van der Waals surface area contributed by atoms with Gasteiger partial charge in [0.05, 0.1) is 23.0 Å². The van der Waals surface area contributed by atoms with Crippen LogP contribution in [0.1, 0.15) is 24.3 Å². The van der Waals surface area contributed by atoms with Gasteiger partial charge in [0, 0.05) is 18.3 Å². The van der Waals surface area contributed by atoms with Crippen LogP contribution in [0.4, 0.5) is 0 Å². The number of hydrogen-bond acceptors (Lipinski definition) is 4. The molecule has 3 heterocycles. The quantitative estimate of drug-likeness (QED) is 0.728. The summed E-state index contributed by atoms with van der Waals surface area (Å²) in [6.07, 6.45) is 8.29. The molecule has 4 nitrogen and oxygen atoms in total. The molecular formula is C18H15N3O. The summed E-state index contributed by atoms with van der Waals surface area (Å²) in [6, 6.07) is 11.8. The molecule has 0 N–H and O–H groups in total. The van der Waals surface area contributed by atoms with E-state index in [9.17, 15) is 0 Å². The van der Waals surface area contributed by atoms with Gasteiger partial charge in [0.15, 0.2) is 5.76 Å². The third-order valence-electron chi connectivity index (χ3n) is 3.75. The van der Waals surface area contributed by atoms with Crippen molar-refractivity contribution in [3.8, 4) is 0 Å². The number of aryl methyl sites for hydroxylation is 1. The molecule has 0 amide bonds. The Labute approximate surface area is 128 Å². The van der Waals surface area contributed by atoms with Crippen molar-refractivity contribution in [3.63, 3.8) is 0 Å². The molecule has 0 saturated carbocycles. The molecule has 0 aliphatic carbocycles. The molecule has 0 radical (unpaired) electrons. The molecule has 4 rings (SSSR count). The second kappa shape index (κ2) is 5.56. The Morgan fingerprint density at radius 2 is 1.91 bits per heavy atom. The van der Waals surface area contributed by atoms with Gasteiger partial charge in [-0.3, -0.25) is 9.98 Å². The van der Waals surface area contributed by atoms with E-state index in [4.69, 9.17) is 4.42 Å². The van der Waals surface area contributed by atoms with Gasteiger partial charge in [-0.2, -0.15) is 0 Å². The van der Waals surface area contributed by atoms with E-state index in [1.807, 2.05) is 42.6 Å². The number of aliphatic imine (C=N–C) groups is 1. The van der Waals surface area contributed by atoms with Crippen LogP contribution in [0, 0.1) is 0 Å². The zero-order valence-corrected chi connectivity index (χ0v) is 12.1. The number of aromatic nitrogens is 2. The van der Waals surface area contributed by atoms with Crippen molar-refractivity contribution < 1.29 is 4.42 Å². The van der Waals surface area contributed by atoms with Crippen molar-refractivity contribution in [3.05, 3.63) is 66.4 Å². The molecule has 108 valence electrons. The number of furan rings is 1. The molecule has 4 heteroatoms. The molecule has 1 aromatic carbocycles. The van der Waals surface area contributed by atoms with Crippen molar-refractivity contribution in [2.45, 2.75) is 19.3 Å². The Kier molecular flexibility index (Phi) is 3.27. The number of rotatable bonds is 4. The summed E-state index contributed by atoms with van der Waals surface area (Å²) in [7, 11) is 0. The van der Waals surface area contributed by atoms with Crippen LogP contribution in [0.15, 0.2) is 64.3 Å². The van der Waals surface area contributed by atoms with Crippen LogP contribution in [0.5, 0.6) is 0 Å². The Bertz CT molecular complexity index is 863. The Hall–Kier alpha value is -2.75. The Morgan fingerprint density at radius 3 is 2.77 bits per heavy atom. The second-order valence-electron chi connectivity index (χ2n) is 5.30. The van der Waals surface area contributed by atoms with Crippen molar-refractivity contribution in [1.82, 2.24) is 9.97 Å². The van der Waals surface area contributed by atoms with Crippen LogP contribution in [0.2, 0.25) is 0 Å². The molecule has 0 unspecified atom stereocenters. The third kappa shape index (κ3) is 2.55. The Balaban J connectivity index is 1.45. The predicted molar refractivity (Wildman–Crippen MR) is 86.6 cm³/mol. The molecule has 3 aromatic rings. The first-order valence-corrected chi connectivity index (χ1v) is 7.40. The third-order valence-corrected chi connectivity index (χ3v) is 3.75. The summed E-state index contributed by atoms with van der Waals surface area (Å²) in [6.45, 7) is 0. The minimum absolute atomic E-state index is 0.834. The second-order valence-corrected chi connectivity index (χ2v) is 5.30. The molecule has 22 heavy (non-hydrogen) atoms. The number of hydrogen-bond donors (Lipinski definition) is 0. The Morgan fingerprint density at radius 1 is 1.00 bits per heavy atom. The summed E-state index contributed by atoms with van der Waals surface area (Å²) in [5.41, 5.74) is 4.99. The average molecular weight is 289 g/mol. The molecule has 0 fully saturated rings. The van der Waals surface area contributed by atoms with E-state index in [-0.39, 0.29) is 0 Å². The van der Waals surface area contributed by atoms with Crippen LogP contribution >= 0.6 is 0 Å². The summed E-state index contributed by atoms with van der Waals surface area (Å²) in [5.74, 6) is 0.834. The molecular weight excluding hydrogens is 274 g/mol. The van der Waals surface area contributed by atoms with E-state index >= 15 is 0 Å². The maximum absolute atomic E-state index is 5.38. The lowest BCUT2D eigenvalue weighted by atomic mass is 10.1. The number of para-hydroxylation sites is 2. The SMILES string of the molecule is C1=C(c2ccco2)N=C(CCc2cnc3ccccc3n2)C1. The summed E-state index contributed by atoms with van der Waals surface area (Å²) in [4.78, 5) is 13.7. The molecule has 0 bridgehead atoms. The summed E-state index contributed by atoms with van der Waals surface area (Å²) in [5, 5.41) is 0. The summed E-state index contributed by atoms with van der Waals surface area (Å²) < 4.78 is 5.38. The number of allylic oxidation sites excluding steroid dienone is 1. The predicted octanol–water partition coefficient (Wildman–Crippen LogP) is 4.04. The first-order valence-electron chi connectivity index (χ1n) is 7.40. The summed E-state index contributed by atoms with van der Waals surface area (Å²) >= 11 is 0. The van der Waals surface area contributed by atoms with Crippen molar-refractivity contribution in [1.29, 1.82) is 0 Å². The largest absolute Gasteiger partial charge is 0.463 e. The van der Waals surface area contributed by atoms with Crippen molar-refractivity contribution in [2.24, 2.45) is 4.99 Å². The van der Waals surface area contributed by atoms with Crippen LogP contribution in [-0.2, 0) is 6.42 Å². The van der Waals surface area contributed by atoms with Gasteiger partial charge in [-0.25, -0.2) is 4.98 Å². The molecule has 0 atom stereocenters. The van der Waals surface area contributed by atoms with Crippen molar-refractivity contribution in [2.75, 3.05) is 0 Å². The van der Waals surface area contributed by atoms with Gasteiger partial charge in [-0.1, -0.05) is 12.1 Å². The first-order chi connectivity index (χ1) is 10.9. The van der Waals surface area contributed by atoms with Gasteiger partial charge < -0.3 is 4.42 Å². The fourth-order valence-corrected chi connectivity index (χ4v) is 2.60. The topological polar surface area (TPSA) is 51.3 Å². The van der Waals surface area contributed by atoms with Gasteiger partial charge in [0.1, 0.15) is 5.70 Å². The highest BCUT2D eigenvalue weighted by atomic mass is 16.3. The highest BCUT2D eigenvalue weighted by Gasteiger charge is 2.12. The highest BCUT2D eigenvalue weighted by molar-refractivity contribution is 5.95. The minimum Gasteiger partial charge on any atom is -0.463 e. The van der Waals surface area contributed by atoms with Crippen LogP contribution < -0.4 is 0 Å². The lowest BCUT2D eigenvalue weighted by Crippen LogP contribution is -1.99. The van der Waals surface area contributed by atoms with Gasteiger partial charge in [0.25, 0.3) is 0 Å². The van der Waals surface area contributed by atoms with Crippen LogP contribution in [0.25, 0.3) is 16.7 Å². The van der Waals surface area contributed by atoms with E-state index < -0.39 is 0 Å². The highest BCUT2D eigenvalue weighted by Crippen LogP contribution is 2.24. The monoisotopic (exact) mass is 289 g/mol. The molecule has 1 aliphatic rings. The van der Waals surface area contributed by atoms with Crippen LogP contribution in [-0.4, -0.2) is 15.7 Å². The fraction of sp³-hybridized carbons (Fsp3) is 0.167. The van der Waals surface area contributed by atoms with Gasteiger partial charge in [0.2, 0.25) is 0 Å². The van der Waals surface area contributed by atoms with Gasteiger partial charge in [-0.05, 0) is 43.2 Å². The normalized spacial score (nSPS) is 14.2. The van der Waals surface area contributed by atoms with Gasteiger partial charge in [-0.15, -0.1) is 0 Å². The smallest absolute Gasteiger partial charge is 0.151 e. The number of benzene rings is 1. The molecule has 0 saturated heterocycles. The molecule has 2 aromatic heterocycles. The lowest BCUT2D eigenvalue weighted by molar-refractivity contribution is 0.552. The first kappa shape index (κ1) is 13.0. The van der Waals surface area contributed by atoms with Gasteiger partial charge >= 0.3 is 0 Å². The average Bonchev–Trinajstić information content (AvgIpc) is 3.24. The van der Waals surface area contributed by atoms with E-state index in [1.165, 1.54) is 5.71 Å². The maximum atomic E-state index is 5.38. The van der Waals surface area contributed by atoms with E-state index in [1.54, 1.807) is 6.26 Å². The number of nitrogens with zero attached hydrogens (tertiary/aromatic N) is 3. The molecule has 1 aliphatic heterocycles. The molecule has 0 spiro atoms.